The summed E-state index contributed by atoms with van der Waals surface area (Å²) in [7, 11) is 2.02. The van der Waals surface area contributed by atoms with Gasteiger partial charge in [-0.15, -0.1) is 11.3 Å². The van der Waals surface area contributed by atoms with Gasteiger partial charge in [0, 0.05) is 19.0 Å². The molecular formula is C9H9ClN2S2. The van der Waals surface area contributed by atoms with Crippen molar-refractivity contribution in [3.63, 3.8) is 0 Å². The van der Waals surface area contributed by atoms with Gasteiger partial charge in [-0.1, -0.05) is 11.6 Å². The van der Waals surface area contributed by atoms with Crippen LogP contribution >= 0.6 is 34.3 Å². The third-order valence-corrected chi connectivity index (χ3v) is 3.80. The standard InChI is InChI=1S/C9H9ClN2S2/c1-12(4-7-2-3-13-5-7)9-11-8(10)6-14-9/h2-3,5-6H,4H2,1H3. The third-order valence-electron chi connectivity index (χ3n) is 1.79. The van der Waals surface area contributed by atoms with Crippen LogP contribution in [0, 0.1) is 0 Å². The summed E-state index contributed by atoms with van der Waals surface area (Å²) in [5.74, 6) is 0. The molecule has 5 heteroatoms. The Kier molecular flexibility index (Phi) is 3.05. The quantitative estimate of drug-likeness (QED) is 0.822. The van der Waals surface area contributed by atoms with Crippen molar-refractivity contribution in [3.8, 4) is 0 Å². The van der Waals surface area contributed by atoms with E-state index < -0.39 is 0 Å². The highest BCUT2D eigenvalue weighted by Gasteiger charge is 2.06. The van der Waals surface area contributed by atoms with Gasteiger partial charge >= 0.3 is 0 Å². The maximum Gasteiger partial charge on any atom is 0.186 e. The molecule has 2 rings (SSSR count). The Morgan fingerprint density at radius 1 is 1.50 bits per heavy atom. The molecule has 2 nitrogen and oxygen atoms in total. The molecule has 0 amide bonds. The van der Waals surface area contributed by atoms with Crippen molar-refractivity contribution in [2.75, 3.05) is 11.9 Å². The lowest BCUT2D eigenvalue weighted by molar-refractivity contribution is 0.919. The van der Waals surface area contributed by atoms with E-state index in [0.717, 1.165) is 11.7 Å². The van der Waals surface area contributed by atoms with Crippen molar-refractivity contribution in [2.24, 2.45) is 0 Å². The summed E-state index contributed by atoms with van der Waals surface area (Å²) in [4.78, 5) is 6.30. The Bertz CT molecular complexity index is 397. The van der Waals surface area contributed by atoms with E-state index in [2.05, 4.69) is 26.7 Å². The SMILES string of the molecule is CN(Cc1ccsc1)c1nc(Cl)cs1. The first-order valence-electron chi connectivity index (χ1n) is 4.09. The van der Waals surface area contributed by atoms with E-state index in [9.17, 15) is 0 Å². The van der Waals surface area contributed by atoms with E-state index in [1.165, 1.54) is 5.56 Å². The zero-order valence-electron chi connectivity index (χ0n) is 7.61. The van der Waals surface area contributed by atoms with Crippen LogP contribution in [0.4, 0.5) is 5.13 Å². The van der Waals surface area contributed by atoms with Crippen molar-refractivity contribution in [1.29, 1.82) is 0 Å². The minimum absolute atomic E-state index is 0.571. The number of aromatic nitrogens is 1. The molecule has 0 saturated heterocycles. The summed E-state index contributed by atoms with van der Waals surface area (Å²) in [5, 5.41) is 7.61. The number of thiazole rings is 1. The lowest BCUT2D eigenvalue weighted by Gasteiger charge is -2.14. The van der Waals surface area contributed by atoms with Crippen molar-refractivity contribution in [2.45, 2.75) is 6.54 Å². The molecule has 0 aliphatic carbocycles. The van der Waals surface area contributed by atoms with Crippen molar-refractivity contribution in [1.82, 2.24) is 4.98 Å². The lowest BCUT2D eigenvalue weighted by Crippen LogP contribution is -2.15. The summed E-state index contributed by atoms with van der Waals surface area (Å²) < 4.78 is 0. The van der Waals surface area contributed by atoms with Gasteiger partial charge in [0.25, 0.3) is 0 Å². The molecule has 0 radical (unpaired) electrons. The van der Waals surface area contributed by atoms with Crippen LogP contribution < -0.4 is 4.90 Å². The van der Waals surface area contributed by atoms with Gasteiger partial charge in [-0.2, -0.15) is 11.3 Å². The monoisotopic (exact) mass is 244 g/mol. The zero-order valence-corrected chi connectivity index (χ0v) is 9.99. The highest BCUT2D eigenvalue weighted by molar-refractivity contribution is 7.14. The predicted molar refractivity (Wildman–Crippen MR) is 63.6 cm³/mol. The number of anilines is 1. The van der Waals surface area contributed by atoms with Gasteiger partial charge in [-0.25, -0.2) is 4.98 Å². The second-order valence-electron chi connectivity index (χ2n) is 2.94. The summed E-state index contributed by atoms with van der Waals surface area (Å²) >= 11 is 9.04. The van der Waals surface area contributed by atoms with Crippen LogP contribution in [0.5, 0.6) is 0 Å². The summed E-state index contributed by atoms with van der Waals surface area (Å²) in [5.41, 5.74) is 1.31. The van der Waals surface area contributed by atoms with Crippen LogP contribution in [-0.2, 0) is 6.54 Å². The van der Waals surface area contributed by atoms with E-state index in [0.29, 0.717) is 5.15 Å². The molecule has 0 spiro atoms. The summed E-state index contributed by atoms with van der Waals surface area (Å²) in [6.45, 7) is 0.882. The molecule has 74 valence electrons. The average Bonchev–Trinajstić information content (AvgIpc) is 2.75. The van der Waals surface area contributed by atoms with E-state index in [1.54, 1.807) is 22.7 Å². The third kappa shape index (κ3) is 2.26. The molecule has 0 bridgehead atoms. The molecule has 2 aromatic heterocycles. The number of hydrogen-bond acceptors (Lipinski definition) is 4. The van der Waals surface area contributed by atoms with E-state index in [-0.39, 0.29) is 0 Å². The van der Waals surface area contributed by atoms with Crippen LogP contribution in [0.1, 0.15) is 5.56 Å². The number of rotatable bonds is 3. The minimum atomic E-state index is 0.571. The first-order valence-corrected chi connectivity index (χ1v) is 6.29. The van der Waals surface area contributed by atoms with Gasteiger partial charge in [0.2, 0.25) is 0 Å². The van der Waals surface area contributed by atoms with E-state index in [4.69, 9.17) is 11.6 Å². The number of halogens is 1. The second-order valence-corrected chi connectivity index (χ2v) is 4.94. The molecule has 0 aliphatic rings. The molecule has 0 N–H and O–H groups in total. The second kappa shape index (κ2) is 4.29. The Labute approximate surface area is 95.8 Å². The fourth-order valence-corrected chi connectivity index (χ4v) is 2.72. The maximum atomic E-state index is 5.76. The molecule has 0 atom stereocenters. The van der Waals surface area contributed by atoms with Gasteiger partial charge in [-0.05, 0) is 22.4 Å². The number of hydrogen-bond donors (Lipinski definition) is 0. The molecule has 0 aliphatic heterocycles. The molecule has 0 unspecified atom stereocenters. The van der Waals surface area contributed by atoms with Gasteiger partial charge in [-0.3, -0.25) is 0 Å². The fraction of sp³-hybridized carbons (Fsp3) is 0.222. The molecule has 0 saturated carbocycles. The Morgan fingerprint density at radius 2 is 2.36 bits per heavy atom. The minimum Gasteiger partial charge on any atom is -0.347 e. The predicted octanol–water partition coefficient (Wildman–Crippen LogP) is 3.49. The smallest absolute Gasteiger partial charge is 0.186 e. The summed E-state index contributed by atoms with van der Waals surface area (Å²) in [6, 6.07) is 2.12. The van der Waals surface area contributed by atoms with E-state index >= 15 is 0 Å². The Morgan fingerprint density at radius 3 is 2.93 bits per heavy atom. The van der Waals surface area contributed by atoms with Crippen molar-refractivity contribution in [3.05, 3.63) is 32.9 Å². The first-order chi connectivity index (χ1) is 6.75. The van der Waals surface area contributed by atoms with Crippen LogP contribution in [0.3, 0.4) is 0 Å². The largest absolute Gasteiger partial charge is 0.347 e. The van der Waals surface area contributed by atoms with E-state index in [1.807, 2.05) is 12.4 Å². The Balaban J connectivity index is 2.06. The average molecular weight is 245 g/mol. The van der Waals surface area contributed by atoms with Crippen LogP contribution in [-0.4, -0.2) is 12.0 Å². The topological polar surface area (TPSA) is 16.1 Å². The zero-order chi connectivity index (χ0) is 9.97. The maximum absolute atomic E-state index is 5.76. The van der Waals surface area contributed by atoms with Crippen LogP contribution in [0.2, 0.25) is 5.15 Å². The van der Waals surface area contributed by atoms with Crippen molar-refractivity contribution >= 4 is 39.4 Å². The number of thiophene rings is 1. The first kappa shape index (κ1) is 9.96. The Hall–Kier alpha value is -0.580. The molecule has 2 aromatic rings. The highest BCUT2D eigenvalue weighted by Crippen LogP contribution is 2.23. The van der Waals surface area contributed by atoms with Gasteiger partial charge in [0.15, 0.2) is 5.13 Å². The normalized spacial score (nSPS) is 10.4. The van der Waals surface area contributed by atoms with Gasteiger partial charge < -0.3 is 4.90 Å². The van der Waals surface area contributed by atoms with Crippen molar-refractivity contribution < 1.29 is 0 Å². The molecule has 0 aromatic carbocycles. The van der Waals surface area contributed by atoms with Crippen LogP contribution in [0.15, 0.2) is 22.2 Å². The van der Waals surface area contributed by atoms with Gasteiger partial charge in [0.05, 0.1) is 0 Å². The number of nitrogens with zero attached hydrogens (tertiary/aromatic N) is 2. The molecule has 2 heterocycles. The lowest BCUT2D eigenvalue weighted by atomic mass is 10.3. The van der Waals surface area contributed by atoms with Crippen LogP contribution in [0.25, 0.3) is 0 Å². The summed E-state index contributed by atoms with van der Waals surface area (Å²) in [6.07, 6.45) is 0. The molecule has 0 fully saturated rings. The fourth-order valence-electron chi connectivity index (χ4n) is 1.14. The molecule has 14 heavy (non-hydrogen) atoms. The highest BCUT2D eigenvalue weighted by atomic mass is 35.5. The molecular weight excluding hydrogens is 236 g/mol. The van der Waals surface area contributed by atoms with Gasteiger partial charge in [0.1, 0.15) is 5.15 Å².